The monoisotopic (exact) mass is 416 g/mol. The summed E-state index contributed by atoms with van der Waals surface area (Å²) in [7, 11) is 1.42. The van der Waals surface area contributed by atoms with Gasteiger partial charge in [-0.15, -0.1) is 0 Å². The SMILES string of the molecule is COc1ccc(OCC(=O)N(Cc2ccc(F)cc2)C2CCCCC2)c([N+](=O)[O-])c1. The summed E-state index contributed by atoms with van der Waals surface area (Å²) >= 11 is 0. The van der Waals surface area contributed by atoms with Crippen molar-refractivity contribution < 1.29 is 23.6 Å². The summed E-state index contributed by atoms with van der Waals surface area (Å²) in [5.41, 5.74) is 0.565. The quantitative estimate of drug-likeness (QED) is 0.468. The first kappa shape index (κ1) is 21.5. The van der Waals surface area contributed by atoms with Gasteiger partial charge < -0.3 is 14.4 Å². The molecule has 2 aromatic carbocycles. The first-order valence-electron chi connectivity index (χ1n) is 9.97. The minimum Gasteiger partial charge on any atom is -0.496 e. The number of nitrogens with zero attached hydrogens (tertiary/aromatic N) is 2. The van der Waals surface area contributed by atoms with Crippen LogP contribution in [0.3, 0.4) is 0 Å². The molecule has 0 unspecified atom stereocenters. The third-order valence-electron chi connectivity index (χ3n) is 5.32. The minimum atomic E-state index is -0.570. The van der Waals surface area contributed by atoms with Gasteiger partial charge in [0.15, 0.2) is 12.4 Å². The average molecular weight is 416 g/mol. The van der Waals surface area contributed by atoms with Gasteiger partial charge in [-0.1, -0.05) is 31.4 Å². The Hall–Kier alpha value is -3.16. The second kappa shape index (κ2) is 10.0. The van der Waals surface area contributed by atoms with Crippen LogP contribution in [0.5, 0.6) is 11.5 Å². The fourth-order valence-electron chi connectivity index (χ4n) is 3.71. The molecule has 0 radical (unpaired) electrons. The van der Waals surface area contributed by atoms with E-state index in [4.69, 9.17) is 9.47 Å². The second-order valence-corrected chi connectivity index (χ2v) is 7.32. The van der Waals surface area contributed by atoms with Gasteiger partial charge in [-0.2, -0.15) is 0 Å². The molecule has 0 saturated heterocycles. The standard InChI is InChI=1S/C22H25FN2O5/c1-29-19-11-12-21(20(13-19)25(27)28)30-15-22(26)24(18-5-3-2-4-6-18)14-16-7-9-17(23)10-8-16/h7-13,18H,2-6,14-15H2,1H3. The normalized spacial score (nSPS) is 14.2. The topological polar surface area (TPSA) is 81.9 Å². The summed E-state index contributed by atoms with van der Waals surface area (Å²) in [6.45, 7) is 0.0305. The zero-order chi connectivity index (χ0) is 21.5. The van der Waals surface area contributed by atoms with E-state index in [1.54, 1.807) is 23.1 Å². The Labute approximate surface area is 174 Å². The van der Waals surface area contributed by atoms with Crippen molar-refractivity contribution >= 4 is 11.6 Å². The number of carbonyl (C=O) groups is 1. The van der Waals surface area contributed by atoms with Crippen molar-refractivity contribution in [2.75, 3.05) is 13.7 Å². The molecule has 30 heavy (non-hydrogen) atoms. The molecule has 0 aromatic heterocycles. The van der Waals surface area contributed by atoms with Gasteiger partial charge in [0, 0.05) is 12.6 Å². The molecule has 2 aromatic rings. The van der Waals surface area contributed by atoms with Crippen molar-refractivity contribution in [3.63, 3.8) is 0 Å². The molecule has 1 aliphatic carbocycles. The second-order valence-electron chi connectivity index (χ2n) is 7.32. The molecule has 0 bridgehead atoms. The number of methoxy groups -OCH3 is 1. The van der Waals surface area contributed by atoms with Gasteiger partial charge in [-0.3, -0.25) is 14.9 Å². The number of hydrogen-bond donors (Lipinski definition) is 0. The lowest BCUT2D eigenvalue weighted by molar-refractivity contribution is -0.385. The maximum Gasteiger partial charge on any atom is 0.314 e. The number of amides is 1. The van der Waals surface area contributed by atoms with E-state index < -0.39 is 4.92 Å². The van der Waals surface area contributed by atoms with Gasteiger partial charge in [0.25, 0.3) is 5.91 Å². The first-order valence-corrected chi connectivity index (χ1v) is 9.97. The van der Waals surface area contributed by atoms with Crippen LogP contribution in [0, 0.1) is 15.9 Å². The number of carbonyl (C=O) groups excluding carboxylic acids is 1. The zero-order valence-corrected chi connectivity index (χ0v) is 16.9. The molecule has 8 heteroatoms. The van der Waals surface area contributed by atoms with Crippen LogP contribution < -0.4 is 9.47 Å². The van der Waals surface area contributed by atoms with E-state index in [9.17, 15) is 19.3 Å². The van der Waals surface area contributed by atoms with Crippen LogP contribution in [0.1, 0.15) is 37.7 Å². The summed E-state index contributed by atoms with van der Waals surface area (Å²) in [6, 6.07) is 10.4. The van der Waals surface area contributed by atoms with Crippen LogP contribution in [0.2, 0.25) is 0 Å². The molecular weight excluding hydrogens is 391 g/mol. The Morgan fingerprint density at radius 2 is 1.87 bits per heavy atom. The highest BCUT2D eigenvalue weighted by molar-refractivity contribution is 5.78. The highest BCUT2D eigenvalue weighted by Gasteiger charge is 2.27. The summed E-state index contributed by atoms with van der Waals surface area (Å²) in [5, 5.41) is 11.3. The van der Waals surface area contributed by atoms with Crippen LogP contribution in [-0.2, 0) is 11.3 Å². The van der Waals surface area contributed by atoms with Crippen molar-refractivity contribution in [2.24, 2.45) is 0 Å². The Balaban J connectivity index is 1.74. The highest BCUT2D eigenvalue weighted by Crippen LogP contribution is 2.31. The molecule has 1 aliphatic rings. The molecule has 0 heterocycles. The van der Waals surface area contributed by atoms with Crippen LogP contribution >= 0.6 is 0 Å². The zero-order valence-electron chi connectivity index (χ0n) is 16.9. The summed E-state index contributed by atoms with van der Waals surface area (Å²) < 4.78 is 23.8. The molecule has 1 amide bonds. The number of benzene rings is 2. The predicted molar refractivity (Wildman–Crippen MR) is 109 cm³/mol. The van der Waals surface area contributed by atoms with Crippen molar-refractivity contribution in [3.8, 4) is 11.5 Å². The smallest absolute Gasteiger partial charge is 0.314 e. The number of halogens is 1. The van der Waals surface area contributed by atoms with E-state index >= 15 is 0 Å². The average Bonchev–Trinajstić information content (AvgIpc) is 2.77. The molecule has 0 N–H and O–H groups in total. The third kappa shape index (κ3) is 5.46. The van der Waals surface area contributed by atoms with Gasteiger partial charge in [-0.25, -0.2) is 4.39 Å². The summed E-state index contributed by atoms with van der Waals surface area (Å²) in [6.07, 6.45) is 5.03. The first-order chi connectivity index (χ1) is 14.5. The maximum atomic E-state index is 13.2. The van der Waals surface area contributed by atoms with Crippen LogP contribution in [0.25, 0.3) is 0 Å². The Kier molecular flexibility index (Phi) is 7.21. The van der Waals surface area contributed by atoms with E-state index in [0.29, 0.717) is 12.3 Å². The Bertz CT molecular complexity index is 882. The van der Waals surface area contributed by atoms with Gasteiger partial charge in [-0.05, 0) is 42.7 Å². The fourth-order valence-corrected chi connectivity index (χ4v) is 3.71. The number of nitro groups is 1. The van der Waals surface area contributed by atoms with Gasteiger partial charge in [0.05, 0.1) is 18.1 Å². The summed E-state index contributed by atoms with van der Waals surface area (Å²) in [4.78, 5) is 25.5. The van der Waals surface area contributed by atoms with Crippen LogP contribution in [0.15, 0.2) is 42.5 Å². The largest absolute Gasteiger partial charge is 0.496 e. The number of hydrogen-bond acceptors (Lipinski definition) is 5. The van der Waals surface area contributed by atoms with E-state index in [2.05, 4.69) is 0 Å². The van der Waals surface area contributed by atoms with Crippen LogP contribution in [0.4, 0.5) is 10.1 Å². The van der Waals surface area contributed by atoms with E-state index in [1.165, 1.54) is 31.4 Å². The van der Waals surface area contributed by atoms with Gasteiger partial charge in [0.2, 0.25) is 0 Å². The van der Waals surface area contributed by atoms with Crippen molar-refractivity contribution in [1.29, 1.82) is 0 Å². The molecule has 3 rings (SSSR count). The van der Waals surface area contributed by atoms with Crippen LogP contribution in [-0.4, -0.2) is 35.5 Å². The molecule has 160 valence electrons. The van der Waals surface area contributed by atoms with Gasteiger partial charge in [0.1, 0.15) is 11.6 Å². The molecule has 1 saturated carbocycles. The van der Waals surface area contributed by atoms with E-state index in [1.807, 2.05) is 0 Å². The third-order valence-corrected chi connectivity index (χ3v) is 5.32. The Morgan fingerprint density at radius 1 is 1.17 bits per heavy atom. The van der Waals surface area contributed by atoms with Crippen molar-refractivity contribution in [3.05, 3.63) is 64.0 Å². The lowest BCUT2D eigenvalue weighted by atomic mass is 9.93. The number of nitro benzene ring substituents is 1. The predicted octanol–water partition coefficient (Wildman–Crippen LogP) is 4.48. The molecule has 0 spiro atoms. The molecule has 0 atom stereocenters. The molecule has 7 nitrogen and oxygen atoms in total. The van der Waals surface area contributed by atoms with E-state index in [0.717, 1.165) is 37.7 Å². The van der Waals surface area contributed by atoms with Gasteiger partial charge >= 0.3 is 5.69 Å². The lowest BCUT2D eigenvalue weighted by Crippen LogP contribution is -2.43. The summed E-state index contributed by atoms with van der Waals surface area (Å²) in [5.74, 6) is -0.235. The molecule has 0 aliphatic heterocycles. The Morgan fingerprint density at radius 3 is 2.50 bits per heavy atom. The van der Waals surface area contributed by atoms with E-state index in [-0.39, 0.29) is 35.8 Å². The minimum absolute atomic E-state index is 0.0135. The number of ether oxygens (including phenoxy) is 2. The number of rotatable bonds is 8. The van der Waals surface area contributed by atoms with Crippen molar-refractivity contribution in [1.82, 2.24) is 4.90 Å². The lowest BCUT2D eigenvalue weighted by Gasteiger charge is -2.34. The van der Waals surface area contributed by atoms with Crippen molar-refractivity contribution in [2.45, 2.75) is 44.7 Å². The molecule has 1 fully saturated rings. The molecular formula is C22H25FN2O5. The fraction of sp³-hybridized carbons (Fsp3) is 0.409. The maximum absolute atomic E-state index is 13.2. The highest BCUT2D eigenvalue weighted by atomic mass is 19.1.